The summed E-state index contributed by atoms with van der Waals surface area (Å²) in [6.07, 6.45) is 5.69. The topological polar surface area (TPSA) is 22.1 Å². The van der Waals surface area contributed by atoms with Gasteiger partial charge in [0.05, 0.1) is 11.1 Å². The fraction of sp³-hybridized carbons (Fsp3) is 0.389. The van der Waals surface area contributed by atoms with E-state index in [4.69, 9.17) is 4.74 Å². The maximum absolute atomic E-state index is 5.86. The first-order valence-electron chi connectivity index (χ1n) is 7.28. The molecule has 112 valence electrons. The Bertz CT molecular complexity index is 576. The predicted molar refractivity (Wildman–Crippen MR) is 90.9 cm³/mol. The molecule has 2 nitrogen and oxygen atoms in total. The van der Waals surface area contributed by atoms with Crippen LogP contribution in [0.2, 0.25) is 0 Å². The molecule has 3 heteroatoms. The second kappa shape index (κ2) is 7.08. The Labute approximate surface area is 135 Å². The molecule has 0 aliphatic rings. The number of hydrogen-bond donors (Lipinski definition) is 0. The van der Waals surface area contributed by atoms with Crippen molar-refractivity contribution in [3.05, 3.63) is 58.3 Å². The monoisotopic (exact) mass is 347 g/mol. The van der Waals surface area contributed by atoms with Crippen molar-refractivity contribution in [1.29, 1.82) is 0 Å². The molecular formula is C18H22BrNO. The van der Waals surface area contributed by atoms with Gasteiger partial charge in [-0.3, -0.25) is 4.98 Å². The molecule has 0 unspecified atom stereocenters. The van der Waals surface area contributed by atoms with Gasteiger partial charge in [0.1, 0.15) is 5.75 Å². The van der Waals surface area contributed by atoms with Crippen molar-refractivity contribution >= 4 is 15.9 Å². The first kappa shape index (κ1) is 16.0. The van der Waals surface area contributed by atoms with E-state index >= 15 is 0 Å². The van der Waals surface area contributed by atoms with Gasteiger partial charge in [0.25, 0.3) is 0 Å². The van der Waals surface area contributed by atoms with E-state index in [-0.39, 0.29) is 5.41 Å². The van der Waals surface area contributed by atoms with Crippen molar-refractivity contribution in [3.63, 3.8) is 0 Å². The van der Waals surface area contributed by atoms with Crippen LogP contribution in [0.15, 0.2) is 47.2 Å². The first-order valence-corrected chi connectivity index (χ1v) is 8.08. The number of benzene rings is 1. The molecule has 0 atom stereocenters. The van der Waals surface area contributed by atoms with Gasteiger partial charge in [-0.05, 0) is 63.5 Å². The van der Waals surface area contributed by atoms with Crippen LogP contribution in [0, 0.1) is 0 Å². The van der Waals surface area contributed by atoms with Gasteiger partial charge in [-0.15, -0.1) is 0 Å². The molecule has 1 aromatic carbocycles. The Hall–Kier alpha value is -1.35. The molecule has 0 bridgehead atoms. The minimum Gasteiger partial charge on any atom is -0.492 e. The molecular weight excluding hydrogens is 326 g/mol. The molecule has 21 heavy (non-hydrogen) atoms. The number of hydrogen-bond acceptors (Lipinski definition) is 2. The number of aromatic nitrogens is 1. The van der Waals surface area contributed by atoms with Crippen LogP contribution < -0.4 is 4.74 Å². The lowest BCUT2D eigenvalue weighted by molar-refractivity contribution is 0.309. The number of nitrogens with zero attached hydrogens (tertiary/aromatic N) is 1. The van der Waals surface area contributed by atoms with Gasteiger partial charge in [-0.2, -0.15) is 0 Å². The fourth-order valence-corrected chi connectivity index (χ4v) is 2.58. The van der Waals surface area contributed by atoms with E-state index in [0.29, 0.717) is 6.61 Å². The number of halogens is 1. The Balaban J connectivity index is 1.86. The van der Waals surface area contributed by atoms with Gasteiger partial charge in [-0.25, -0.2) is 0 Å². The maximum atomic E-state index is 5.86. The fourth-order valence-electron chi connectivity index (χ4n) is 2.09. The minimum absolute atomic E-state index is 0.154. The van der Waals surface area contributed by atoms with E-state index in [1.54, 1.807) is 6.20 Å². The SMILES string of the molecule is CC(C)(C)c1ccc(OCCCc2cccnc2)c(Br)c1. The molecule has 1 aromatic heterocycles. The summed E-state index contributed by atoms with van der Waals surface area (Å²) in [5.74, 6) is 0.911. The average molecular weight is 348 g/mol. The van der Waals surface area contributed by atoms with Gasteiger partial charge in [0.15, 0.2) is 0 Å². The molecule has 2 rings (SSSR count). The molecule has 0 aliphatic heterocycles. The summed E-state index contributed by atoms with van der Waals surface area (Å²) >= 11 is 3.60. The molecule has 2 aromatic rings. The molecule has 0 saturated heterocycles. The van der Waals surface area contributed by atoms with Crippen LogP contribution in [0.5, 0.6) is 5.75 Å². The van der Waals surface area contributed by atoms with Gasteiger partial charge >= 0.3 is 0 Å². The molecule has 0 aliphatic carbocycles. The van der Waals surface area contributed by atoms with Crippen molar-refractivity contribution in [2.75, 3.05) is 6.61 Å². The highest BCUT2D eigenvalue weighted by Crippen LogP contribution is 2.31. The Morgan fingerprint density at radius 3 is 2.62 bits per heavy atom. The van der Waals surface area contributed by atoms with E-state index in [0.717, 1.165) is 23.1 Å². The molecule has 0 fully saturated rings. The molecule has 0 N–H and O–H groups in total. The Morgan fingerprint density at radius 2 is 2.00 bits per heavy atom. The minimum atomic E-state index is 0.154. The standard InChI is InChI=1S/C18H22BrNO/c1-18(2,3)15-8-9-17(16(19)12-15)21-11-5-7-14-6-4-10-20-13-14/h4,6,8-10,12-13H,5,7,11H2,1-3H3. The third-order valence-corrected chi connectivity index (χ3v) is 4.01. The van der Waals surface area contributed by atoms with Crippen LogP contribution in [-0.2, 0) is 11.8 Å². The van der Waals surface area contributed by atoms with Crippen LogP contribution in [0.3, 0.4) is 0 Å². The molecule has 0 amide bonds. The second-order valence-corrected chi connectivity index (χ2v) is 7.06. The van der Waals surface area contributed by atoms with Crippen molar-refractivity contribution in [3.8, 4) is 5.75 Å². The smallest absolute Gasteiger partial charge is 0.133 e. The van der Waals surface area contributed by atoms with Gasteiger partial charge in [0.2, 0.25) is 0 Å². The van der Waals surface area contributed by atoms with E-state index in [1.807, 2.05) is 12.3 Å². The quantitative estimate of drug-likeness (QED) is 0.697. The number of aryl methyl sites for hydroxylation is 1. The molecule has 0 saturated carbocycles. The lowest BCUT2D eigenvalue weighted by atomic mass is 9.87. The van der Waals surface area contributed by atoms with Crippen LogP contribution in [0.25, 0.3) is 0 Å². The average Bonchev–Trinajstić information content (AvgIpc) is 2.45. The van der Waals surface area contributed by atoms with E-state index in [9.17, 15) is 0 Å². The van der Waals surface area contributed by atoms with Crippen molar-refractivity contribution in [2.45, 2.75) is 39.0 Å². The van der Waals surface area contributed by atoms with Crippen LogP contribution in [-0.4, -0.2) is 11.6 Å². The molecule has 1 heterocycles. The van der Waals surface area contributed by atoms with Crippen molar-refractivity contribution in [2.24, 2.45) is 0 Å². The summed E-state index contributed by atoms with van der Waals surface area (Å²) in [5.41, 5.74) is 2.71. The highest BCUT2D eigenvalue weighted by Gasteiger charge is 2.15. The highest BCUT2D eigenvalue weighted by atomic mass is 79.9. The van der Waals surface area contributed by atoms with Crippen molar-refractivity contribution in [1.82, 2.24) is 4.98 Å². The molecule has 0 radical (unpaired) electrons. The summed E-state index contributed by atoms with van der Waals surface area (Å²) < 4.78 is 6.88. The largest absolute Gasteiger partial charge is 0.492 e. The van der Waals surface area contributed by atoms with Crippen molar-refractivity contribution < 1.29 is 4.74 Å². The zero-order chi connectivity index (χ0) is 15.3. The van der Waals surface area contributed by atoms with Crippen LogP contribution in [0.1, 0.15) is 38.3 Å². The van der Waals surface area contributed by atoms with Gasteiger partial charge in [0, 0.05) is 12.4 Å². The van der Waals surface area contributed by atoms with Crippen LogP contribution in [0.4, 0.5) is 0 Å². The summed E-state index contributed by atoms with van der Waals surface area (Å²) in [5, 5.41) is 0. The predicted octanol–water partition coefficient (Wildman–Crippen LogP) is 5.15. The van der Waals surface area contributed by atoms with E-state index in [1.165, 1.54) is 11.1 Å². The number of rotatable bonds is 5. The lowest BCUT2D eigenvalue weighted by Crippen LogP contribution is -2.11. The van der Waals surface area contributed by atoms with E-state index < -0.39 is 0 Å². The van der Waals surface area contributed by atoms with E-state index in [2.05, 4.69) is 66.0 Å². The number of pyridine rings is 1. The zero-order valence-electron chi connectivity index (χ0n) is 12.9. The second-order valence-electron chi connectivity index (χ2n) is 6.21. The lowest BCUT2D eigenvalue weighted by Gasteiger charge is -2.20. The molecule has 0 spiro atoms. The zero-order valence-corrected chi connectivity index (χ0v) is 14.5. The maximum Gasteiger partial charge on any atom is 0.133 e. The van der Waals surface area contributed by atoms with Crippen LogP contribution >= 0.6 is 15.9 Å². The summed E-state index contributed by atoms with van der Waals surface area (Å²) in [6, 6.07) is 10.4. The first-order chi connectivity index (χ1) is 9.97. The highest BCUT2D eigenvalue weighted by molar-refractivity contribution is 9.10. The third kappa shape index (κ3) is 4.85. The Morgan fingerprint density at radius 1 is 1.19 bits per heavy atom. The van der Waals surface area contributed by atoms with Gasteiger partial charge < -0.3 is 4.74 Å². The summed E-state index contributed by atoms with van der Waals surface area (Å²) in [6.45, 7) is 7.35. The summed E-state index contributed by atoms with van der Waals surface area (Å²) in [4.78, 5) is 4.12. The normalized spacial score (nSPS) is 11.4. The Kier molecular flexibility index (Phi) is 5.40. The van der Waals surface area contributed by atoms with Gasteiger partial charge in [-0.1, -0.05) is 32.9 Å². The third-order valence-electron chi connectivity index (χ3n) is 3.39. The summed E-state index contributed by atoms with van der Waals surface area (Å²) in [7, 11) is 0. The number of ether oxygens (including phenoxy) is 1.